The van der Waals surface area contributed by atoms with Gasteiger partial charge in [0, 0.05) is 30.6 Å². The lowest BCUT2D eigenvalue weighted by atomic mass is 9.85. The van der Waals surface area contributed by atoms with Crippen molar-refractivity contribution in [2.24, 2.45) is 0 Å². The van der Waals surface area contributed by atoms with Crippen LogP contribution in [0.5, 0.6) is 0 Å². The van der Waals surface area contributed by atoms with E-state index in [-0.39, 0.29) is 0 Å². The Morgan fingerprint density at radius 2 is 1.89 bits per heavy atom. The van der Waals surface area contributed by atoms with Crippen LogP contribution in [0.2, 0.25) is 0 Å². The third kappa shape index (κ3) is 3.21. The van der Waals surface area contributed by atoms with Gasteiger partial charge in [-0.3, -0.25) is 0 Å². The monoisotopic (exact) mass is 374 g/mol. The van der Waals surface area contributed by atoms with Gasteiger partial charge in [-0.05, 0) is 37.5 Å². The van der Waals surface area contributed by atoms with Gasteiger partial charge in [-0.15, -0.1) is 0 Å². The molecule has 140 valence electrons. The zero-order chi connectivity index (χ0) is 19.1. The second-order valence-corrected chi connectivity index (χ2v) is 6.49. The van der Waals surface area contributed by atoms with Crippen LogP contribution in [0.4, 0.5) is 13.2 Å². The lowest BCUT2D eigenvalue weighted by Gasteiger charge is -2.28. The van der Waals surface area contributed by atoms with E-state index in [1.54, 1.807) is 30.1 Å². The first-order valence-corrected chi connectivity index (χ1v) is 8.55. The van der Waals surface area contributed by atoms with Gasteiger partial charge in [0.15, 0.2) is 5.82 Å². The predicted octanol–water partition coefficient (Wildman–Crippen LogP) is 4.04. The fourth-order valence-electron chi connectivity index (χ4n) is 3.42. The van der Waals surface area contributed by atoms with Gasteiger partial charge in [-0.25, -0.2) is 14.6 Å². The fourth-order valence-corrected chi connectivity index (χ4v) is 3.42. The van der Waals surface area contributed by atoms with Crippen molar-refractivity contribution in [1.82, 2.24) is 19.7 Å². The molecule has 1 saturated heterocycles. The maximum atomic E-state index is 12.9. The van der Waals surface area contributed by atoms with Crippen molar-refractivity contribution in [3.05, 3.63) is 71.4 Å². The Morgan fingerprint density at radius 1 is 1.11 bits per heavy atom. The van der Waals surface area contributed by atoms with E-state index in [9.17, 15) is 13.2 Å². The third-order valence-electron chi connectivity index (χ3n) is 4.75. The highest BCUT2D eigenvalue weighted by atomic mass is 19.4. The van der Waals surface area contributed by atoms with Gasteiger partial charge in [0.1, 0.15) is 11.4 Å². The summed E-state index contributed by atoms with van der Waals surface area (Å²) in [6.07, 6.45) is 2.27. The van der Waals surface area contributed by atoms with E-state index in [0.29, 0.717) is 30.2 Å². The van der Waals surface area contributed by atoms with E-state index in [2.05, 4.69) is 15.1 Å². The molecule has 0 radical (unpaired) electrons. The largest absolute Gasteiger partial charge is 0.416 e. The van der Waals surface area contributed by atoms with Crippen LogP contribution >= 0.6 is 0 Å². The summed E-state index contributed by atoms with van der Waals surface area (Å²) in [5.41, 5.74) is -0.00114. The van der Waals surface area contributed by atoms with Gasteiger partial charge in [0.05, 0.1) is 11.8 Å². The van der Waals surface area contributed by atoms with E-state index in [1.165, 1.54) is 12.1 Å². The quantitative estimate of drug-likeness (QED) is 0.694. The molecule has 0 amide bonds. The number of alkyl halides is 3. The van der Waals surface area contributed by atoms with Gasteiger partial charge in [0.25, 0.3) is 0 Å². The van der Waals surface area contributed by atoms with Crippen molar-refractivity contribution in [3.63, 3.8) is 0 Å². The zero-order valence-corrected chi connectivity index (χ0v) is 14.6. The fraction of sp³-hybridized carbons (Fsp3) is 0.316. The molecule has 1 aromatic carbocycles. The second-order valence-electron chi connectivity index (χ2n) is 6.49. The highest BCUT2D eigenvalue weighted by Gasteiger charge is 2.41. The molecule has 0 aliphatic carbocycles. The molecular weight excluding hydrogens is 357 g/mol. The molecule has 2 aromatic heterocycles. The maximum Gasteiger partial charge on any atom is 0.416 e. The molecular formula is C19H17F3N4O. The summed E-state index contributed by atoms with van der Waals surface area (Å²) >= 11 is 0. The maximum absolute atomic E-state index is 12.9. The normalized spacial score (nSPS) is 20.1. The van der Waals surface area contributed by atoms with Crippen LogP contribution < -0.4 is 0 Å². The van der Waals surface area contributed by atoms with E-state index in [4.69, 9.17) is 4.74 Å². The minimum Gasteiger partial charge on any atom is -0.365 e. The highest BCUT2D eigenvalue weighted by molar-refractivity contribution is 5.38. The summed E-state index contributed by atoms with van der Waals surface area (Å²) in [5, 5.41) is 4.37. The molecule has 0 saturated carbocycles. The number of hydrogen-bond acceptors (Lipinski definition) is 4. The molecule has 5 nitrogen and oxygen atoms in total. The van der Waals surface area contributed by atoms with Crippen molar-refractivity contribution in [2.45, 2.75) is 31.5 Å². The summed E-state index contributed by atoms with van der Waals surface area (Å²) in [5.74, 6) is 1.24. The van der Waals surface area contributed by atoms with E-state index in [1.807, 2.05) is 6.20 Å². The van der Waals surface area contributed by atoms with Gasteiger partial charge in [0.2, 0.25) is 0 Å². The Hall–Kier alpha value is -2.74. The van der Waals surface area contributed by atoms with Crippen LogP contribution in [0.25, 0.3) is 5.82 Å². The van der Waals surface area contributed by atoms with E-state index >= 15 is 0 Å². The minimum absolute atomic E-state index is 0.540. The number of aryl methyl sites for hydroxylation is 1. The average molecular weight is 374 g/mol. The number of hydrogen-bond donors (Lipinski definition) is 0. The average Bonchev–Trinajstić information content (AvgIpc) is 3.31. The first-order valence-electron chi connectivity index (χ1n) is 8.55. The Kier molecular flexibility index (Phi) is 4.22. The number of nitrogens with zero attached hydrogens (tertiary/aromatic N) is 4. The molecule has 0 bridgehead atoms. The van der Waals surface area contributed by atoms with Crippen molar-refractivity contribution in [2.75, 3.05) is 6.61 Å². The van der Waals surface area contributed by atoms with Crippen LogP contribution in [-0.4, -0.2) is 26.4 Å². The molecule has 3 heterocycles. The first kappa shape index (κ1) is 17.7. The van der Waals surface area contributed by atoms with Gasteiger partial charge < -0.3 is 4.74 Å². The number of rotatable bonds is 3. The SMILES string of the molecule is Cc1nccc(-n2cc(C3(c4ccc(C(F)(F)F)cc4)CCCO3)cn2)n1. The third-order valence-corrected chi connectivity index (χ3v) is 4.75. The van der Waals surface area contributed by atoms with E-state index < -0.39 is 17.3 Å². The summed E-state index contributed by atoms with van der Waals surface area (Å²) < 4.78 is 46.3. The Bertz CT molecular complexity index is 944. The lowest BCUT2D eigenvalue weighted by molar-refractivity contribution is -0.137. The van der Waals surface area contributed by atoms with Crippen LogP contribution in [0.15, 0.2) is 48.9 Å². The number of ether oxygens (including phenoxy) is 1. The van der Waals surface area contributed by atoms with E-state index in [0.717, 1.165) is 24.1 Å². The number of halogens is 3. The molecule has 1 aliphatic rings. The van der Waals surface area contributed by atoms with Crippen molar-refractivity contribution >= 4 is 0 Å². The Balaban J connectivity index is 1.73. The topological polar surface area (TPSA) is 52.8 Å². The smallest absolute Gasteiger partial charge is 0.365 e. The summed E-state index contributed by atoms with van der Waals surface area (Å²) in [6, 6.07) is 6.90. The Labute approximate surface area is 153 Å². The molecule has 8 heteroatoms. The standard InChI is InChI=1S/C19H17F3N4O/c1-13-23-9-7-17(25-13)26-12-16(11-24-26)18(8-2-10-27-18)14-3-5-15(6-4-14)19(20,21)22/h3-7,9,11-12H,2,8,10H2,1H3. The van der Waals surface area contributed by atoms with Gasteiger partial charge in [-0.1, -0.05) is 12.1 Å². The molecule has 1 atom stereocenters. The van der Waals surface area contributed by atoms with Gasteiger partial charge in [-0.2, -0.15) is 18.3 Å². The second kappa shape index (κ2) is 6.45. The minimum atomic E-state index is -4.36. The predicted molar refractivity (Wildman–Crippen MR) is 91.3 cm³/mol. The molecule has 1 aliphatic heterocycles. The van der Waals surface area contributed by atoms with Gasteiger partial charge >= 0.3 is 6.18 Å². The van der Waals surface area contributed by atoms with Crippen LogP contribution in [0, 0.1) is 6.92 Å². The van der Waals surface area contributed by atoms with Crippen LogP contribution in [-0.2, 0) is 16.5 Å². The molecule has 1 unspecified atom stereocenters. The molecule has 0 spiro atoms. The van der Waals surface area contributed by atoms with Crippen molar-refractivity contribution in [1.29, 1.82) is 0 Å². The molecule has 4 rings (SSSR count). The molecule has 1 fully saturated rings. The summed E-state index contributed by atoms with van der Waals surface area (Å²) in [4.78, 5) is 8.41. The number of benzene rings is 1. The Morgan fingerprint density at radius 3 is 2.52 bits per heavy atom. The highest BCUT2D eigenvalue weighted by Crippen LogP contribution is 2.43. The molecule has 0 N–H and O–H groups in total. The van der Waals surface area contributed by atoms with Crippen LogP contribution in [0.3, 0.4) is 0 Å². The number of aromatic nitrogens is 4. The van der Waals surface area contributed by atoms with Crippen molar-refractivity contribution in [3.8, 4) is 5.82 Å². The summed E-state index contributed by atoms with van der Waals surface area (Å²) in [7, 11) is 0. The summed E-state index contributed by atoms with van der Waals surface area (Å²) in [6.45, 7) is 2.33. The zero-order valence-electron chi connectivity index (χ0n) is 14.6. The molecule has 27 heavy (non-hydrogen) atoms. The van der Waals surface area contributed by atoms with Crippen LogP contribution in [0.1, 0.15) is 35.4 Å². The lowest BCUT2D eigenvalue weighted by Crippen LogP contribution is -2.26. The van der Waals surface area contributed by atoms with Crippen molar-refractivity contribution < 1.29 is 17.9 Å². The molecule has 3 aromatic rings. The first-order chi connectivity index (χ1) is 12.9.